The van der Waals surface area contributed by atoms with E-state index in [0.29, 0.717) is 0 Å². The maximum Gasteiger partial charge on any atom is 0.162 e. The van der Waals surface area contributed by atoms with E-state index in [-0.39, 0.29) is 31.4 Å². The Morgan fingerprint density at radius 1 is 1.07 bits per heavy atom. The Morgan fingerprint density at radius 2 is 1.82 bits per heavy atom. The van der Waals surface area contributed by atoms with E-state index in [2.05, 4.69) is 31.8 Å². The van der Waals surface area contributed by atoms with Crippen LogP contribution >= 0.6 is 0 Å². The number of aliphatic hydroxyl groups is 1. The van der Waals surface area contributed by atoms with Crippen molar-refractivity contribution >= 4 is 0 Å². The molecule has 2 aromatic rings. The molecule has 0 bridgehead atoms. The van der Waals surface area contributed by atoms with E-state index < -0.39 is 0 Å². The molecule has 3 heterocycles. The molecule has 0 unspecified atom stereocenters. The Morgan fingerprint density at radius 3 is 2.43 bits per heavy atom. The van der Waals surface area contributed by atoms with Crippen LogP contribution in [0, 0.1) is 18.2 Å². The zero-order valence-electron chi connectivity index (χ0n) is 16.6. The van der Waals surface area contributed by atoms with Gasteiger partial charge >= 0.3 is 0 Å². The van der Waals surface area contributed by atoms with Crippen LogP contribution in [0.1, 0.15) is 20.8 Å². The maximum absolute atomic E-state index is 9.72. The molecule has 2 aliphatic heterocycles. The summed E-state index contributed by atoms with van der Waals surface area (Å²) < 4.78 is 0. The minimum Gasteiger partial charge on any atom is -0.510 e. The first kappa shape index (κ1) is 21.9. The molecule has 4 rings (SSSR count). The fourth-order valence-corrected chi connectivity index (χ4v) is 2.95. The van der Waals surface area contributed by atoms with Crippen LogP contribution < -0.4 is 0 Å². The smallest absolute Gasteiger partial charge is 0.162 e. The van der Waals surface area contributed by atoms with Crippen LogP contribution in [-0.4, -0.2) is 26.9 Å². The molecule has 1 radical (unpaired) electrons. The van der Waals surface area contributed by atoms with Crippen molar-refractivity contribution in [3.8, 4) is 11.3 Å². The van der Waals surface area contributed by atoms with Crippen molar-refractivity contribution in [1.29, 1.82) is 0 Å². The third kappa shape index (κ3) is 5.12. The molecule has 28 heavy (non-hydrogen) atoms. The molecule has 0 spiro atoms. The van der Waals surface area contributed by atoms with E-state index in [1.54, 1.807) is 17.2 Å². The third-order valence-electron chi connectivity index (χ3n) is 4.26. The molecule has 4 nitrogen and oxygen atoms in total. The first-order valence-corrected chi connectivity index (χ1v) is 8.94. The Labute approximate surface area is 181 Å². The number of aliphatic hydroxyl groups excluding tert-OH is 1. The largest absolute Gasteiger partial charge is 0.510 e. The standard InChI is InChI=1S/C12H17N2O.C11H8N.Ir/c1-12(2,3)9-5-6-11(15)14-8-13(4)7-10(9)14;1-2-6-10(7-3-1)11-8-4-5-9-12-11;/h5-8,15H,1-4H3;1-6,8-9H;/q2*-1;. The number of benzene rings is 1. The molecular formula is C23H25IrN3O-2. The molecule has 0 saturated heterocycles. The number of nitrogens with zero attached hydrogens (tertiary/aromatic N) is 3. The van der Waals surface area contributed by atoms with Gasteiger partial charge in [0.25, 0.3) is 0 Å². The first-order chi connectivity index (χ1) is 12.9. The number of fused-ring (bicyclic) bond motifs is 1. The molecule has 1 N–H and O–H groups in total. The van der Waals surface area contributed by atoms with E-state index in [9.17, 15) is 5.11 Å². The van der Waals surface area contributed by atoms with Gasteiger partial charge < -0.3 is 19.9 Å². The van der Waals surface area contributed by atoms with Gasteiger partial charge in [0.05, 0.1) is 0 Å². The van der Waals surface area contributed by atoms with Crippen LogP contribution in [0.15, 0.2) is 84.2 Å². The minimum atomic E-state index is 0. The Bertz CT molecular complexity index is 830. The molecule has 1 aromatic heterocycles. The van der Waals surface area contributed by atoms with Gasteiger partial charge in [-0.3, -0.25) is 0 Å². The topological polar surface area (TPSA) is 39.6 Å². The Kier molecular flexibility index (Phi) is 7.22. The number of rotatable bonds is 1. The zero-order chi connectivity index (χ0) is 19.4. The van der Waals surface area contributed by atoms with Crippen LogP contribution in [0.4, 0.5) is 0 Å². The SMILES string of the molecule is CN1C=C2C(C(C)(C)C)=CC=C(O)N2[CH-]1.[Ir].[c-]1ccccc1-c1ccccn1. The molecule has 0 amide bonds. The molecular weight excluding hydrogens is 526 g/mol. The number of aromatic nitrogens is 1. The number of hydrogen-bond donors (Lipinski definition) is 1. The fourth-order valence-electron chi connectivity index (χ4n) is 2.95. The second kappa shape index (κ2) is 9.22. The Hall–Kier alpha value is -2.36. The monoisotopic (exact) mass is 552 g/mol. The first-order valence-electron chi connectivity index (χ1n) is 8.94. The zero-order valence-corrected chi connectivity index (χ0v) is 18.9. The Balaban J connectivity index is 0.000000198. The van der Waals surface area contributed by atoms with Crippen LogP contribution in [0.3, 0.4) is 0 Å². The van der Waals surface area contributed by atoms with Gasteiger partial charge in [0.2, 0.25) is 0 Å². The summed E-state index contributed by atoms with van der Waals surface area (Å²) in [4.78, 5) is 7.97. The molecule has 0 atom stereocenters. The van der Waals surface area contributed by atoms with Gasteiger partial charge in [0.1, 0.15) is 0 Å². The van der Waals surface area contributed by atoms with Gasteiger partial charge in [-0.15, -0.1) is 42.6 Å². The summed E-state index contributed by atoms with van der Waals surface area (Å²) in [5, 5.41) is 9.72. The molecule has 0 aliphatic carbocycles. The average Bonchev–Trinajstić information content (AvgIpc) is 3.05. The molecule has 5 heteroatoms. The van der Waals surface area contributed by atoms with E-state index in [4.69, 9.17) is 0 Å². The van der Waals surface area contributed by atoms with Crippen LogP contribution in [0.2, 0.25) is 0 Å². The van der Waals surface area contributed by atoms with Crippen molar-refractivity contribution in [2.75, 3.05) is 7.05 Å². The number of hydrogen-bond acceptors (Lipinski definition) is 4. The van der Waals surface area contributed by atoms with Crippen molar-refractivity contribution in [2.24, 2.45) is 5.41 Å². The van der Waals surface area contributed by atoms with Gasteiger partial charge in [-0.2, -0.15) is 0 Å². The molecule has 0 saturated carbocycles. The molecule has 149 valence electrons. The van der Waals surface area contributed by atoms with Gasteiger partial charge in [-0.25, -0.2) is 0 Å². The normalized spacial score (nSPS) is 15.4. The van der Waals surface area contributed by atoms with E-state index >= 15 is 0 Å². The predicted octanol–water partition coefficient (Wildman–Crippen LogP) is 5.13. The molecule has 0 fully saturated rings. The summed E-state index contributed by atoms with van der Waals surface area (Å²) in [7, 11) is 1.96. The molecule has 1 aromatic carbocycles. The van der Waals surface area contributed by atoms with Crippen LogP contribution in [0.5, 0.6) is 0 Å². The van der Waals surface area contributed by atoms with Crippen molar-refractivity contribution < 1.29 is 25.2 Å². The van der Waals surface area contributed by atoms with Crippen LogP contribution in [0.25, 0.3) is 11.3 Å². The van der Waals surface area contributed by atoms with Crippen molar-refractivity contribution in [1.82, 2.24) is 14.8 Å². The van der Waals surface area contributed by atoms with E-state index in [0.717, 1.165) is 17.0 Å². The van der Waals surface area contributed by atoms with Crippen molar-refractivity contribution in [3.63, 3.8) is 0 Å². The van der Waals surface area contributed by atoms with Gasteiger partial charge in [0.15, 0.2) is 5.88 Å². The summed E-state index contributed by atoms with van der Waals surface area (Å²) in [5.41, 5.74) is 4.39. The van der Waals surface area contributed by atoms with Crippen molar-refractivity contribution in [2.45, 2.75) is 20.8 Å². The van der Waals surface area contributed by atoms with Gasteiger partial charge in [-0.05, 0) is 42.1 Å². The molecule has 2 aliphatic rings. The van der Waals surface area contributed by atoms with E-state index in [1.807, 2.05) is 73.4 Å². The predicted molar refractivity (Wildman–Crippen MR) is 109 cm³/mol. The minimum absolute atomic E-state index is 0. The summed E-state index contributed by atoms with van der Waals surface area (Å²) in [6, 6.07) is 16.8. The van der Waals surface area contributed by atoms with Gasteiger partial charge in [0, 0.05) is 32.0 Å². The second-order valence-electron chi connectivity index (χ2n) is 7.51. The van der Waals surface area contributed by atoms with Crippen molar-refractivity contribution in [3.05, 3.63) is 96.9 Å². The van der Waals surface area contributed by atoms with Crippen LogP contribution in [-0.2, 0) is 20.1 Å². The van der Waals surface area contributed by atoms with E-state index in [1.165, 1.54) is 5.57 Å². The van der Waals surface area contributed by atoms with Gasteiger partial charge in [-0.1, -0.05) is 39.0 Å². The summed E-state index contributed by atoms with van der Waals surface area (Å²) in [6.07, 6.45) is 7.55. The number of allylic oxidation sites excluding steroid dienone is 3. The number of pyridine rings is 1. The maximum atomic E-state index is 9.72. The average molecular weight is 552 g/mol. The summed E-state index contributed by atoms with van der Waals surface area (Å²) in [5.74, 6) is 0.276. The second-order valence-corrected chi connectivity index (χ2v) is 7.51. The summed E-state index contributed by atoms with van der Waals surface area (Å²) >= 11 is 0. The fraction of sp³-hybridized carbons (Fsp3) is 0.217. The summed E-state index contributed by atoms with van der Waals surface area (Å²) in [6.45, 7) is 8.39. The third-order valence-corrected chi connectivity index (χ3v) is 4.26. The quantitative estimate of drug-likeness (QED) is 0.499.